The first-order valence-corrected chi connectivity index (χ1v) is 15.7. The van der Waals surface area contributed by atoms with Crippen LogP contribution in [0.5, 0.6) is 11.5 Å². The molecule has 0 saturated heterocycles. The molecule has 0 fully saturated rings. The molecule has 0 saturated carbocycles. The fourth-order valence-corrected chi connectivity index (χ4v) is 6.44. The van der Waals surface area contributed by atoms with Crippen molar-refractivity contribution in [2.75, 3.05) is 7.11 Å². The van der Waals surface area contributed by atoms with E-state index in [1.165, 1.54) is 4.68 Å². The Labute approximate surface area is 276 Å². The molecule has 0 radical (unpaired) electrons. The van der Waals surface area contributed by atoms with Crippen molar-refractivity contribution in [2.45, 2.75) is 33.3 Å². The van der Waals surface area contributed by atoms with Crippen LogP contribution in [0.15, 0.2) is 85.6 Å². The predicted octanol–water partition coefficient (Wildman–Crippen LogP) is 9.80. The highest BCUT2D eigenvalue weighted by Crippen LogP contribution is 2.36. The average Bonchev–Trinajstić information content (AvgIpc) is 2.97. The Kier molecular flexibility index (Phi) is 9.61. The molecule has 1 heterocycles. The van der Waals surface area contributed by atoms with Gasteiger partial charge in [0.15, 0.2) is 5.82 Å². The van der Waals surface area contributed by atoms with Crippen LogP contribution in [0.1, 0.15) is 42.0 Å². The molecule has 1 aromatic heterocycles. The minimum atomic E-state index is -0.266. The van der Waals surface area contributed by atoms with Gasteiger partial charge in [0.25, 0.3) is 5.56 Å². The molecule has 220 valence electrons. The van der Waals surface area contributed by atoms with Crippen molar-refractivity contribution in [1.29, 1.82) is 0 Å². The zero-order chi connectivity index (χ0) is 30.8. The van der Waals surface area contributed by atoms with Crippen LogP contribution in [0.2, 0.25) is 10.0 Å². The van der Waals surface area contributed by atoms with E-state index in [0.29, 0.717) is 48.1 Å². The van der Waals surface area contributed by atoms with Gasteiger partial charge in [-0.1, -0.05) is 55.2 Å². The summed E-state index contributed by atoms with van der Waals surface area (Å²) in [5, 5.41) is 6.10. The molecule has 6 nitrogen and oxygen atoms in total. The number of halogens is 4. The molecule has 4 aromatic carbocycles. The molecule has 0 unspecified atom stereocenters. The molecule has 0 aliphatic rings. The van der Waals surface area contributed by atoms with Crippen molar-refractivity contribution in [3.8, 4) is 22.9 Å². The molecule has 0 spiro atoms. The van der Waals surface area contributed by atoms with E-state index in [2.05, 4.69) is 50.8 Å². The molecule has 0 amide bonds. The quantitative estimate of drug-likeness (QED) is 0.149. The Balaban J connectivity index is 1.55. The highest BCUT2D eigenvalue weighted by Gasteiger charge is 2.18. The van der Waals surface area contributed by atoms with E-state index in [9.17, 15) is 4.79 Å². The normalized spacial score (nSPS) is 11.6. The average molecular weight is 744 g/mol. The summed E-state index contributed by atoms with van der Waals surface area (Å²) in [4.78, 5) is 18.7. The van der Waals surface area contributed by atoms with E-state index in [1.54, 1.807) is 31.5 Å². The number of nitrogens with zero attached hydrogens (tertiary/aromatic N) is 3. The Morgan fingerprint density at radius 3 is 2.40 bits per heavy atom. The first kappa shape index (κ1) is 31.3. The number of para-hydroxylation sites is 1. The molecule has 43 heavy (non-hydrogen) atoms. The van der Waals surface area contributed by atoms with Gasteiger partial charge in [-0.15, -0.1) is 0 Å². The van der Waals surface area contributed by atoms with Crippen LogP contribution in [0.25, 0.3) is 22.3 Å². The third kappa shape index (κ3) is 6.68. The van der Waals surface area contributed by atoms with Gasteiger partial charge >= 0.3 is 0 Å². The third-order valence-corrected chi connectivity index (χ3v) is 8.82. The molecule has 0 atom stereocenters. The molecule has 5 aromatic rings. The first-order valence-electron chi connectivity index (χ1n) is 13.4. The summed E-state index contributed by atoms with van der Waals surface area (Å²) in [5.74, 6) is 2.06. The van der Waals surface area contributed by atoms with E-state index < -0.39 is 0 Å². The zero-order valence-corrected chi connectivity index (χ0v) is 28.5. The van der Waals surface area contributed by atoms with E-state index in [-0.39, 0.29) is 11.5 Å². The van der Waals surface area contributed by atoms with Crippen LogP contribution < -0.4 is 15.0 Å². The summed E-state index contributed by atoms with van der Waals surface area (Å²) < 4.78 is 14.5. The number of benzene rings is 4. The van der Waals surface area contributed by atoms with Crippen molar-refractivity contribution in [2.24, 2.45) is 5.10 Å². The maximum Gasteiger partial charge on any atom is 0.282 e. The Morgan fingerprint density at radius 1 is 1.00 bits per heavy atom. The number of aryl methyl sites for hydroxylation is 1. The van der Waals surface area contributed by atoms with E-state index in [4.69, 9.17) is 37.7 Å². The topological polar surface area (TPSA) is 65.7 Å². The second kappa shape index (κ2) is 13.2. The predicted molar refractivity (Wildman–Crippen MR) is 182 cm³/mol. The van der Waals surface area contributed by atoms with Gasteiger partial charge in [0, 0.05) is 5.56 Å². The maximum absolute atomic E-state index is 13.8. The second-order valence-electron chi connectivity index (χ2n) is 10.2. The Morgan fingerprint density at radius 2 is 1.72 bits per heavy atom. The van der Waals surface area contributed by atoms with Crippen molar-refractivity contribution < 1.29 is 9.47 Å². The van der Waals surface area contributed by atoms with Crippen molar-refractivity contribution in [3.63, 3.8) is 0 Å². The summed E-state index contributed by atoms with van der Waals surface area (Å²) in [5.41, 5.74) is 4.69. The second-order valence-corrected chi connectivity index (χ2v) is 12.8. The largest absolute Gasteiger partial charge is 0.496 e. The summed E-state index contributed by atoms with van der Waals surface area (Å²) in [6, 6.07) is 20.4. The lowest BCUT2D eigenvalue weighted by atomic mass is 9.96. The Hall–Kier alpha value is -3.17. The molecule has 5 rings (SSSR count). The van der Waals surface area contributed by atoms with Crippen LogP contribution in [-0.2, 0) is 6.61 Å². The van der Waals surface area contributed by atoms with Gasteiger partial charge in [-0.05, 0) is 115 Å². The van der Waals surface area contributed by atoms with Crippen molar-refractivity contribution in [1.82, 2.24) is 9.66 Å². The molecular weight excluding hydrogens is 717 g/mol. The minimum Gasteiger partial charge on any atom is -0.496 e. The van der Waals surface area contributed by atoms with Gasteiger partial charge in [-0.25, -0.2) is 4.98 Å². The van der Waals surface area contributed by atoms with Crippen molar-refractivity contribution >= 4 is 72.2 Å². The van der Waals surface area contributed by atoms with E-state index in [1.807, 2.05) is 55.5 Å². The van der Waals surface area contributed by atoms with E-state index >= 15 is 0 Å². The zero-order valence-electron chi connectivity index (χ0n) is 23.8. The highest BCUT2D eigenvalue weighted by molar-refractivity contribution is 9.11. The van der Waals surface area contributed by atoms with Gasteiger partial charge in [-0.3, -0.25) is 4.79 Å². The SMILES string of the molecule is COc1cc(C)c(-c2nc3ccccc3c(=O)n2N=Cc2cc(Br)c(OCc3ccc(Cl)c(Cl)c3)c(Br)c2)cc1C(C)C. The van der Waals surface area contributed by atoms with Crippen LogP contribution in [0.3, 0.4) is 0 Å². The number of fused-ring (bicyclic) bond motifs is 1. The van der Waals surface area contributed by atoms with Gasteiger partial charge in [0.05, 0.1) is 43.2 Å². The minimum absolute atomic E-state index is 0.200. The number of rotatable bonds is 8. The standard InChI is InChI=1S/C33H27Br2Cl2N3O3/c1-18(2)23-15-24(19(3)11-30(23)42-4)32-39-29-8-6-5-7-22(29)33(41)40(32)38-16-21-12-25(34)31(26(35)13-21)43-17-20-9-10-27(36)28(37)14-20/h5-16,18H,17H2,1-4H3. The lowest BCUT2D eigenvalue weighted by Gasteiger charge is -2.17. The fourth-order valence-electron chi connectivity index (χ4n) is 4.67. The van der Waals surface area contributed by atoms with Crippen LogP contribution >= 0.6 is 55.1 Å². The summed E-state index contributed by atoms with van der Waals surface area (Å²) in [6.45, 7) is 6.47. The summed E-state index contributed by atoms with van der Waals surface area (Å²) in [6.07, 6.45) is 1.63. The molecule has 0 bridgehead atoms. The summed E-state index contributed by atoms with van der Waals surface area (Å²) in [7, 11) is 1.66. The first-order chi connectivity index (χ1) is 20.6. The number of hydrogen-bond acceptors (Lipinski definition) is 5. The lowest BCUT2D eigenvalue weighted by molar-refractivity contribution is 0.302. The molecule has 0 aliphatic carbocycles. The monoisotopic (exact) mass is 741 g/mol. The van der Waals surface area contributed by atoms with Gasteiger partial charge in [0.2, 0.25) is 0 Å². The van der Waals surface area contributed by atoms with Crippen molar-refractivity contribution in [3.05, 3.63) is 118 Å². The molecule has 0 aliphatic heterocycles. The van der Waals surface area contributed by atoms with Crippen LogP contribution in [0.4, 0.5) is 0 Å². The van der Waals surface area contributed by atoms with Gasteiger partial charge in [-0.2, -0.15) is 9.78 Å². The third-order valence-electron chi connectivity index (χ3n) is 6.90. The smallest absolute Gasteiger partial charge is 0.282 e. The molecular formula is C33H27Br2Cl2N3O3. The highest BCUT2D eigenvalue weighted by atomic mass is 79.9. The summed E-state index contributed by atoms with van der Waals surface area (Å²) >= 11 is 19.4. The maximum atomic E-state index is 13.8. The number of hydrogen-bond donors (Lipinski definition) is 0. The van der Waals surface area contributed by atoms with Crippen LogP contribution in [0, 0.1) is 6.92 Å². The lowest BCUT2D eigenvalue weighted by Crippen LogP contribution is -2.20. The molecule has 0 N–H and O–H groups in total. The van der Waals surface area contributed by atoms with Gasteiger partial charge < -0.3 is 9.47 Å². The van der Waals surface area contributed by atoms with Crippen LogP contribution in [-0.4, -0.2) is 23.0 Å². The molecule has 10 heteroatoms. The van der Waals surface area contributed by atoms with E-state index in [0.717, 1.165) is 33.6 Å². The number of methoxy groups -OCH3 is 1. The number of aromatic nitrogens is 2. The van der Waals surface area contributed by atoms with Gasteiger partial charge in [0.1, 0.15) is 18.1 Å². The Bertz CT molecular complexity index is 1920. The fraction of sp³-hybridized carbons (Fsp3) is 0.182. The number of ether oxygens (including phenoxy) is 2.